The van der Waals surface area contributed by atoms with Gasteiger partial charge in [0.25, 0.3) is 0 Å². The van der Waals surface area contributed by atoms with Crippen LogP contribution in [0.4, 0.5) is 4.39 Å². The van der Waals surface area contributed by atoms with E-state index in [4.69, 9.17) is 5.84 Å². The standard InChI is InChI=1S/C17H16FN3/c18-14-5-1-3-12(9-14)10-17(21-19)16-6-2-4-13-11-20-8-7-15(13)16/h1-9,11,17,21H,10,19H2. The van der Waals surface area contributed by atoms with E-state index in [1.807, 2.05) is 36.5 Å². The van der Waals surface area contributed by atoms with Gasteiger partial charge in [-0.25, -0.2) is 4.39 Å². The maximum absolute atomic E-state index is 13.3. The van der Waals surface area contributed by atoms with E-state index < -0.39 is 0 Å². The molecular formula is C17H16FN3. The first-order chi connectivity index (χ1) is 10.3. The van der Waals surface area contributed by atoms with Gasteiger partial charge >= 0.3 is 0 Å². The van der Waals surface area contributed by atoms with Crippen molar-refractivity contribution in [1.82, 2.24) is 10.4 Å². The first-order valence-electron chi connectivity index (χ1n) is 6.81. The zero-order valence-corrected chi connectivity index (χ0v) is 11.5. The Balaban J connectivity index is 1.98. The summed E-state index contributed by atoms with van der Waals surface area (Å²) in [6.45, 7) is 0. The fourth-order valence-corrected chi connectivity index (χ4v) is 2.61. The first-order valence-corrected chi connectivity index (χ1v) is 6.81. The van der Waals surface area contributed by atoms with Crippen LogP contribution in [-0.2, 0) is 6.42 Å². The predicted octanol–water partition coefficient (Wildman–Crippen LogP) is 3.12. The number of nitrogens with one attached hydrogen (secondary N) is 1. The van der Waals surface area contributed by atoms with Crippen LogP contribution in [0, 0.1) is 5.82 Å². The molecule has 0 radical (unpaired) electrons. The summed E-state index contributed by atoms with van der Waals surface area (Å²) in [6.07, 6.45) is 4.21. The highest BCUT2D eigenvalue weighted by atomic mass is 19.1. The summed E-state index contributed by atoms with van der Waals surface area (Å²) < 4.78 is 13.3. The summed E-state index contributed by atoms with van der Waals surface area (Å²) in [5, 5.41) is 2.17. The Bertz CT molecular complexity index is 752. The average Bonchev–Trinajstić information content (AvgIpc) is 2.52. The normalized spacial score (nSPS) is 12.5. The summed E-state index contributed by atoms with van der Waals surface area (Å²) in [5.41, 5.74) is 4.83. The van der Waals surface area contributed by atoms with Gasteiger partial charge in [-0.05, 0) is 41.1 Å². The second-order valence-electron chi connectivity index (χ2n) is 5.00. The van der Waals surface area contributed by atoms with Crippen LogP contribution in [0.5, 0.6) is 0 Å². The molecule has 3 aromatic rings. The number of hydrogen-bond donors (Lipinski definition) is 2. The van der Waals surface area contributed by atoms with E-state index in [1.54, 1.807) is 12.3 Å². The number of rotatable bonds is 4. The molecule has 2 aromatic carbocycles. The number of benzene rings is 2. The second kappa shape index (κ2) is 5.99. The fraction of sp³-hybridized carbons (Fsp3) is 0.118. The average molecular weight is 281 g/mol. The minimum atomic E-state index is -0.231. The van der Waals surface area contributed by atoms with Gasteiger partial charge in [0.2, 0.25) is 0 Å². The molecule has 4 heteroatoms. The molecule has 0 aliphatic heterocycles. The maximum Gasteiger partial charge on any atom is 0.123 e. The molecule has 0 spiro atoms. The summed E-state index contributed by atoms with van der Waals surface area (Å²) in [4.78, 5) is 4.13. The predicted molar refractivity (Wildman–Crippen MR) is 81.9 cm³/mol. The van der Waals surface area contributed by atoms with Crippen LogP contribution in [0.2, 0.25) is 0 Å². The minimum absolute atomic E-state index is 0.0853. The maximum atomic E-state index is 13.3. The van der Waals surface area contributed by atoms with E-state index in [1.165, 1.54) is 12.1 Å². The van der Waals surface area contributed by atoms with Crippen molar-refractivity contribution in [3.63, 3.8) is 0 Å². The van der Waals surface area contributed by atoms with Gasteiger partial charge in [-0.15, -0.1) is 0 Å². The molecule has 106 valence electrons. The number of aromatic nitrogens is 1. The van der Waals surface area contributed by atoms with Crippen molar-refractivity contribution < 1.29 is 4.39 Å². The molecule has 3 rings (SSSR count). The lowest BCUT2D eigenvalue weighted by Crippen LogP contribution is -2.29. The van der Waals surface area contributed by atoms with Gasteiger partial charge in [0, 0.05) is 17.8 Å². The van der Waals surface area contributed by atoms with Crippen LogP contribution >= 0.6 is 0 Å². The molecule has 1 aromatic heterocycles. The topological polar surface area (TPSA) is 50.9 Å². The van der Waals surface area contributed by atoms with E-state index >= 15 is 0 Å². The molecule has 0 bridgehead atoms. The molecule has 1 unspecified atom stereocenters. The molecule has 1 atom stereocenters. The number of fused-ring (bicyclic) bond motifs is 1. The molecule has 0 amide bonds. The monoisotopic (exact) mass is 281 g/mol. The first kappa shape index (κ1) is 13.7. The molecule has 0 saturated heterocycles. The Morgan fingerprint density at radius 1 is 1.14 bits per heavy atom. The largest absolute Gasteiger partial charge is 0.271 e. The van der Waals surface area contributed by atoms with Crippen molar-refractivity contribution in [2.24, 2.45) is 5.84 Å². The van der Waals surface area contributed by atoms with Crippen LogP contribution in [0.3, 0.4) is 0 Å². The number of nitrogens with two attached hydrogens (primary N) is 1. The molecule has 1 heterocycles. The molecule has 0 aliphatic carbocycles. The minimum Gasteiger partial charge on any atom is -0.271 e. The van der Waals surface area contributed by atoms with Crippen LogP contribution < -0.4 is 11.3 Å². The Morgan fingerprint density at radius 3 is 2.81 bits per heavy atom. The van der Waals surface area contributed by atoms with Gasteiger partial charge < -0.3 is 0 Å². The van der Waals surface area contributed by atoms with Gasteiger partial charge in [0.05, 0.1) is 6.04 Å². The highest BCUT2D eigenvalue weighted by Gasteiger charge is 2.13. The summed E-state index contributed by atoms with van der Waals surface area (Å²) >= 11 is 0. The highest BCUT2D eigenvalue weighted by molar-refractivity contribution is 5.85. The zero-order valence-electron chi connectivity index (χ0n) is 11.5. The van der Waals surface area contributed by atoms with E-state index in [0.29, 0.717) is 6.42 Å². The van der Waals surface area contributed by atoms with E-state index in [2.05, 4.69) is 10.4 Å². The number of hydrazine groups is 1. The molecule has 0 fully saturated rings. The Hall–Kier alpha value is -2.30. The molecule has 3 N–H and O–H groups in total. The number of nitrogens with zero attached hydrogens (tertiary/aromatic N) is 1. The van der Waals surface area contributed by atoms with Gasteiger partial charge in [-0.2, -0.15) is 0 Å². The summed E-state index contributed by atoms with van der Waals surface area (Å²) in [7, 11) is 0. The van der Waals surface area contributed by atoms with Crippen LogP contribution in [0.25, 0.3) is 10.8 Å². The Morgan fingerprint density at radius 2 is 2.00 bits per heavy atom. The van der Waals surface area contributed by atoms with Gasteiger partial charge in [-0.3, -0.25) is 16.3 Å². The van der Waals surface area contributed by atoms with Crippen LogP contribution in [0.15, 0.2) is 60.9 Å². The smallest absolute Gasteiger partial charge is 0.123 e. The second-order valence-corrected chi connectivity index (χ2v) is 5.00. The number of pyridine rings is 1. The van der Waals surface area contributed by atoms with E-state index in [-0.39, 0.29) is 11.9 Å². The zero-order chi connectivity index (χ0) is 14.7. The summed E-state index contributed by atoms with van der Waals surface area (Å²) in [6, 6.07) is 14.5. The Kier molecular flexibility index (Phi) is 3.90. The lowest BCUT2D eigenvalue weighted by Gasteiger charge is -2.18. The highest BCUT2D eigenvalue weighted by Crippen LogP contribution is 2.26. The molecule has 0 saturated carbocycles. The number of halogens is 1. The van der Waals surface area contributed by atoms with Crippen molar-refractivity contribution in [3.05, 3.63) is 77.9 Å². The van der Waals surface area contributed by atoms with Gasteiger partial charge in [0.15, 0.2) is 0 Å². The van der Waals surface area contributed by atoms with Crippen molar-refractivity contribution in [2.45, 2.75) is 12.5 Å². The third-order valence-corrected chi connectivity index (χ3v) is 3.62. The third kappa shape index (κ3) is 2.91. The molecular weight excluding hydrogens is 265 g/mol. The van der Waals surface area contributed by atoms with E-state index in [9.17, 15) is 4.39 Å². The van der Waals surface area contributed by atoms with Crippen LogP contribution in [-0.4, -0.2) is 4.98 Å². The van der Waals surface area contributed by atoms with Crippen molar-refractivity contribution in [3.8, 4) is 0 Å². The SMILES string of the molecule is NNC(Cc1cccc(F)c1)c1cccc2cnccc12. The summed E-state index contributed by atoms with van der Waals surface area (Å²) in [5.74, 6) is 5.49. The van der Waals surface area contributed by atoms with E-state index in [0.717, 1.165) is 21.9 Å². The third-order valence-electron chi connectivity index (χ3n) is 3.62. The van der Waals surface area contributed by atoms with Gasteiger partial charge in [0.1, 0.15) is 5.82 Å². The fourth-order valence-electron chi connectivity index (χ4n) is 2.61. The van der Waals surface area contributed by atoms with Crippen molar-refractivity contribution >= 4 is 10.8 Å². The van der Waals surface area contributed by atoms with Gasteiger partial charge in [-0.1, -0.05) is 30.3 Å². The quantitative estimate of drug-likeness (QED) is 0.570. The van der Waals surface area contributed by atoms with Crippen molar-refractivity contribution in [1.29, 1.82) is 0 Å². The van der Waals surface area contributed by atoms with Crippen LogP contribution in [0.1, 0.15) is 17.2 Å². The lowest BCUT2D eigenvalue weighted by atomic mass is 9.95. The Labute approximate surface area is 122 Å². The number of hydrogen-bond acceptors (Lipinski definition) is 3. The molecule has 21 heavy (non-hydrogen) atoms. The molecule has 3 nitrogen and oxygen atoms in total. The van der Waals surface area contributed by atoms with Crippen molar-refractivity contribution in [2.75, 3.05) is 0 Å². The molecule has 0 aliphatic rings. The lowest BCUT2D eigenvalue weighted by molar-refractivity contribution is 0.552.